The highest BCUT2D eigenvalue weighted by Crippen LogP contribution is 2.12. The van der Waals surface area contributed by atoms with Crippen LogP contribution in [-0.2, 0) is 6.42 Å². The zero-order valence-corrected chi connectivity index (χ0v) is 14.8. The molecule has 132 valence electrons. The monoisotopic (exact) mass is 338 g/mol. The van der Waals surface area contributed by atoms with E-state index in [4.69, 9.17) is 0 Å². The Bertz CT molecular complexity index is 654. The van der Waals surface area contributed by atoms with Crippen LogP contribution in [0.25, 0.3) is 0 Å². The Morgan fingerprint density at radius 1 is 1.08 bits per heavy atom. The van der Waals surface area contributed by atoms with Gasteiger partial charge in [0, 0.05) is 56.7 Å². The highest BCUT2D eigenvalue weighted by atomic mass is 16.1. The van der Waals surface area contributed by atoms with Crippen LogP contribution in [0.15, 0.2) is 54.9 Å². The predicted molar refractivity (Wildman–Crippen MR) is 99.6 cm³/mol. The van der Waals surface area contributed by atoms with Gasteiger partial charge in [-0.15, -0.1) is 0 Å². The van der Waals surface area contributed by atoms with Crippen LogP contribution in [-0.4, -0.2) is 66.5 Å². The number of nitrogens with zero attached hydrogens (tertiary/aromatic N) is 3. The Hall–Kier alpha value is -2.24. The maximum Gasteiger partial charge on any atom is 0.251 e. The second-order valence-electron chi connectivity index (χ2n) is 6.63. The van der Waals surface area contributed by atoms with E-state index in [0.29, 0.717) is 18.2 Å². The van der Waals surface area contributed by atoms with Crippen molar-refractivity contribution in [2.75, 3.05) is 39.8 Å². The number of nitrogens with one attached hydrogen (secondary N) is 1. The summed E-state index contributed by atoms with van der Waals surface area (Å²) in [7, 11) is 2.16. The molecule has 1 aliphatic rings. The van der Waals surface area contributed by atoms with E-state index in [2.05, 4.69) is 51.4 Å². The van der Waals surface area contributed by atoms with Crippen LogP contribution in [0.2, 0.25) is 0 Å². The largest absolute Gasteiger partial charge is 0.350 e. The fraction of sp³-hybridized carbons (Fsp3) is 0.400. The molecule has 25 heavy (non-hydrogen) atoms. The van der Waals surface area contributed by atoms with Crippen molar-refractivity contribution in [3.05, 3.63) is 66.0 Å². The number of carbonyl (C=O) groups is 1. The van der Waals surface area contributed by atoms with Crippen molar-refractivity contribution < 1.29 is 4.79 Å². The van der Waals surface area contributed by atoms with Crippen molar-refractivity contribution in [1.29, 1.82) is 0 Å². The van der Waals surface area contributed by atoms with Crippen LogP contribution in [0.5, 0.6) is 0 Å². The van der Waals surface area contributed by atoms with Crippen LogP contribution < -0.4 is 5.32 Å². The fourth-order valence-electron chi connectivity index (χ4n) is 3.22. The van der Waals surface area contributed by atoms with Crippen molar-refractivity contribution in [1.82, 2.24) is 20.1 Å². The Kier molecular flexibility index (Phi) is 6.14. The van der Waals surface area contributed by atoms with Gasteiger partial charge < -0.3 is 10.2 Å². The SMILES string of the molecule is CN1CCN(C(CNC(=O)c2ccncc2)Cc2ccccc2)CC1. The molecule has 1 aromatic heterocycles. The first kappa shape index (κ1) is 17.6. The molecule has 1 aliphatic heterocycles. The van der Waals surface area contributed by atoms with Gasteiger partial charge in [-0.3, -0.25) is 14.7 Å². The van der Waals surface area contributed by atoms with E-state index in [1.54, 1.807) is 24.5 Å². The number of amides is 1. The number of carbonyl (C=O) groups excluding carboxylic acids is 1. The highest BCUT2D eigenvalue weighted by Gasteiger charge is 2.23. The van der Waals surface area contributed by atoms with E-state index in [-0.39, 0.29) is 5.91 Å². The van der Waals surface area contributed by atoms with Crippen LogP contribution in [0.3, 0.4) is 0 Å². The molecule has 2 aromatic rings. The van der Waals surface area contributed by atoms with Crippen molar-refractivity contribution >= 4 is 5.91 Å². The lowest BCUT2D eigenvalue weighted by molar-refractivity contribution is 0.0885. The Morgan fingerprint density at radius 2 is 1.76 bits per heavy atom. The first-order valence-electron chi connectivity index (χ1n) is 8.87. The van der Waals surface area contributed by atoms with E-state index < -0.39 is 0 Å². The number of pyridine rings is 1. The zero-order valence-electron chi connectivity index (χ0n) is 14.8. The first-order chi connectivity index (χ1) is 12.2. The molecule has 1 amide bonds. The summed E-state index contributed by atoms with van der Waals surface area (Å²) in [5.41, 5.74) is 1.97. The molecule has 1 aromatic carbocycles. The minimum Gasteiger partial charge on any atom is -0.350 e. The average molecular weight is 338 g/mol. The molecule has 1 N–H and O–H groups in total. The molecular formula is C20H26N4O. The molecule has 0 aliphatic carbocycles. The number of benzene rings is 1. The van der Waals surface area contributed by atoms with Gasteiger partial charge in [0.25, 0.3) is 5.91 Å². The van der Waals surface area contributed by atoms with Gasteiger partial charge in [-0.25, -0.2) is 0 Å². The molecule has 1 atom stereocenters. The van der Waals surface area contributed by atoms with Gasteiger partial charge in [-0.05, 0) is 31.2 Å². The maximum atomic E-state index is 12.4. The fourth-order valence-corrected chi connectivity index (χ4v) is 3.22. The minimum absolute atomic E-state index is 0.0328. The number of hydrogen-bond acceptors (Lipinski definition) is 4. The summed E-state index contributed by atoms with van der Waals surface area (Å²) >= 11 is 0. The zero-order chi connectivity index (χ0) is 17.5. The number of aromatic nitrogens is 1. The standard InChI is InChI=1S/C20H26N4O/c1-23-11-13-24(14-12-23)19(15-17-5-3-2-4-6-17)16-22-20(25)18-7-9-21-10-8-18/h2-10,19H,11-16H2,1H3,(H,22,25). The second kappa shape index (κ2) is 8.74. The summed E-state index contributed by atoms with van der Waals surface area (Å²) in [6.45, 7) is 4.88. The number of rotatable bonds is 6. The molecule has 5 nitrogen and oxygen atoms in total. The van der Waals surface area contributed by atoms with Gasteiger partial charge in [0.05, 0.1) is 0 Å². The quantitative estimate of drug-likeness (QED) is 0.870. The second-order valence-corrected chi connectivity index (χ2v) is 6.63. The topological polar surface area (TPSA) is 48.5 Å². The predicted octanol–water partition coefficient (Wildman–Crippen LogP) is 1.67. The number of likely N-dealkylation sites (N-methyl/N-ethyl adjacent to an activating group) is 1. The van der Waals surface area contributed by atoms with E-state index in [0.717, 1.165) is 32.6 Å². The van der Waals surface area contributed by atoms with E-state index in [1.165, 1.54) is 5.56 Å². The lowest BCUT2D eigenvalue weighted by atomic mass is 10.0. The summed E-state index contributed by atoms with van der Waals surface area (Å²) in [6, 6.07) is 14.3. The van der Waals surface area contributed by atoms with Gasteiger partial charge in [0.2, 0.25) is 0 Å². The third-order valence-corrected chi connectivity index (χ3v) is 4.81. The van der Waals surface area contributed by atoms with Crippen molar-refractivity contribution in [2.45, 2.75) is 12.5 Å². The van der Waals surface area contributed by atoms with Crippen LogP contribution in [0.4, 0.5) is 0 Å². The average Bonchev–Trinajstić information content (AvgIpc) is 2.67. The molecule has 2 heterocycles. The molecular weight excluding hydrogens is 312 g/mol. The van der Waals surface area contributed by atoms with Crippen LogP contribution >= 0.6 is 0 Å². The van der Waals surface area contributed by atoms with Gasteiger partial charge in [-0.2, -0.15) is 0 Å². The molecule has 0 bridgehead atoms. The number of piperazine rings is 1. The summed E-state index contributed by atoms with van der Waals surface area (Å²) in [5.74, 6) is -0.0328. The molecule has 5 heteroatoms. The molecule has 1 unspecified atom stereocenters. The molecule has 1 saturated heterocycles. The molecule has 1 fully saturated rings. The van der Waals surface area contributed by atoms with Crippen molar-refractivity contribution in [3.63, 3.8) is 0 Å². The highest BCUT2D eigenvalue weighted by molar-refractivity contribution is 5.93. The minimum atomic E-state index is -0.0328. The summed E-state index contributed by atoms with van der Waals surface area (Å²) in [5, 5.41) is 3.11. The molecule has 0 radical (unpaired) electrons. The van der Waals surface area contributed by atoms with Crippen molar-refractivity contribution in [2.24, 2.45) is 0 Å². The lowest BCUT2D eigenvalue weighted by Crippen LogP contribution is -2.53. The third-order valence-electron chi connectivity index (χ3n) is 4.81. The third kappa shape index (κ3) is 5.11. The van der Waals surface area contributed by atoms with E-state index >= 15 is 0 Å². The summed E-state index contributed by atoms with van der Waals surface area (Å²) in [6.07, 6.45) is 4.24. The Balaban J connectivity index is 1.64. The first-order valence-corrected chi connectivity index (χ1v) is 8.87. The van der Waals surface area contributed by atoms with Crippen LogP contribution in [0, 0.1) is 0 Å². The molecule has 3 rings (SSSR count). The smallest absolute Gasteiger partial charge is 0.251 e. The maximum absolute atomic E-state index is 12.4. The normalized spacial score (nSPS) is 17.2. The lowest BCUT2D eigenvalue weighted by Gasteiger charge is -2.38. The van der Waals surface area contributed by atoms with Gasteiger partial charge in [0.15, 0.2) is 0 Å². The van der Waals surface area contributed by atoms with E-state index in [9.17, 15) is 4.79 Å². The van der Waals surface area contributed by atoms with Gasteiger partial charge in [0.1, 0.15) is 0 Å². The molecule has 0 saturated carbocycles. The Labute approximate surface area is 149 Å². The van der Waals surface area contributed by atoms with Gasteiger partial charge >= 0.3 is 0 Å². The number of hydrogen-bond donors (Lipinski definition) is 1. The van der Waals surface area contributed by atoms with Gasteiger partial charge in [-0.1, -0.05) is 30.3 Å². The van der Waals surface area contributed by atoms with Crippen molar-refractivity contribution in [3.8, 4) is 0 Å². The van der Waals surface area contributed by atoms with Crippen LogP contribution in [0.1, 0.15) is 15.9 Å². The molecule has 0 spiro atoms. The summed E-state index contributed by atoms with van der Waals surface area (Å²) in [4.78, 5) is 21.2. The summed E-state index contributed by atoms with van der Waals surface area (Å²) < 4.78 is 0. The van der Waals surface area contributed by atoms with E-state index in [1.807, 2.05) is 6.07 Å². The Morgan fingerprint density at radius 3 is 2.44 bits per heavy atom.